The Morgan fingerprint density at radius 3 is 2.72 bits per heavy atom. The molecule has 1 N–H and O–H groups in total. The van der Waals surface area contributed by atoms with E-state index in [1.807, 2.05) is 21.2 Å². The summed E-state index contributed by atoms with van der Waals surface area (Å²) in [6, 6.07) is 4.27. The summed E-state index contributed by atoms with van der Waals surface area (Å²) in [5.74, 6) is -0.0396. The second kappa shape index (κ2) is 11.4. The molecular weight excluding hydrogens is 621 g/mol. The van der Waals surface area contributed by atoms with Gasteiger partial charge < -0.3 is 24.8 Å². The topological polar surface area (TPSA) is 111 Å². The van der Waals surface area contributed by atoms with Gasteiger partial charge in [-0.15, -0.1) is 11.3 Å². The van der Waals surface area contributed by atoms with Gasteiger partial charge in [0.2, 0.25) is 5.91 Å². The molecule has 4 aliphatic heterocycles. The molecule has 7 aliphatic rings. The number of rotatable bonds is 9. The molecule has 3 saturated carbocycles. The van der Waals surface area contributed by atoms with E-state index in [1.165, 1.54) is 17.4 Å². The molecule has 248 valence electrons. The molecule has 0 unspecified atom stereocenters. The number of aliphatic imine (C=N–C) groups is 1. The zero-order chi connectivity index (χ0) is 32.5. The number of ether oxygens (including phenoxy) is 1. The van der Waals surface area contributed by atoms with E-state index >= 15 is 0 Å². The van der Waals surface area contributed by atoms with Crippen molar-refractivity contribution >= 4 is 35.1 Å². The second-order valence-electron chi connectivity index (χ2n) is 14.1. The third kappa shape index (κ3) is 5.04. The van der Waals surface area contributed by atoms with Gasteiger partial charge in [-0.2, -0.15) is 0 Å². The maximum absolute atomic E-state index is 14.8. The Kier molecular flexibility index (Phi) is 7.39. The van der Waals surface area contributed by atoms with Gasteiger partial charge in [-0.05, 0) is 62.1 Å². The Hall–Kier alpha value is -3.84. The third-order valence-electron chi connectivity index (χ3n) is 11.1. The van der Waals surface area contributed by atoms with Crippen LogP contribution in [0, 0.1) is 18.2 Å². The summed E-state index contributed by atoms with van der Waals surface area (Å²) in [6.07, 6.45) is 6.28. The van der Waals surface area contributed by atoms with Crippen LogP contribution in [0.5, 0.6) is 0 Å². The standard InChI is InChI=1S/C34H40FN7O4S/c1-3-46-31(44)27-25(37-29(30-36-9-13-47-30)38-28(27)23-6-4-7-24(35)21(23)2)16-39-11-12-41-22(14-39)15-42(32(41)45)34-17-33(18-34,19-34)20-40-10-5-8-26(40)43/h4,6-7,9,13,22,28H,3,5,8,10-12,14-20H2,1-2H3,(H,37,38)/t22-,28-,33?,34?/m0/s1. The molecule has 11 nitrogen and oxygen atoms in total. The van der Waals surface area contributed by atoms with Crippen molar-refractivity contribution in [2.45, 2.75) is 63.6 Å². The van der Waals surface area contributed by atoms with Gasteiger partial charge in [-0.25, -0.2) is 19.0 Å². The number of benzene rings is 1. The van der Waals surface area contributed by atoms with E-state index in [-0.39, 0.29) is 41.4 Å². The Bertz CT molecular complexity index is 1670. The van der Waals surface area contributed by atoms with Crippen LogP contribution in [-0.2, 0) is 14.3 Å². The fraction of sp³-hybridized carbons (Fsp3) is 0.559. The molecule has 6 fully saturated rings. The quantitative estimate of drug-likeness (QED) is 0.410. The summed E-state index contributed by atoms with van der Waals surface area (Å²) in [6.45, 7) is 8.39. The lowest BCUT2D eigenvalue weighted by Crippen LogP contribution is -2.77. The van der Waals surface area contributed by atoms with E-state index in [0.29, 0.717) is 72.4 Å². The number of carbonyl (C=O) groups excluding carboxylic acids is 3. The number of hydrogen-bond donors (Lipinski definition) is 1. The van der Waals surface area contributed by atoms with E-state index < -0.39 is 12.0 Å². The number of fused-ring (bicyclic) bond motifs is 1. The lowest BCUT2D eigenvalue weighted by molar-refractivity contribution is -0.208. The predicted octanol–water partition coefficient (Wildman–Crippen LogP) is 3.47. The fourth-order valence-electron chi connectivity index (χ4n) is 8.97. The molecule has 5 heterocycles. The smallest absolute Gasteiger partial charge is 0.338 e. The molecule has 3 saturated heterocycles. The zero-order valence-electron chi connectivity index (χ0n) is 26.8. The van der Waals surface area contributed by atoms with E-state index in [1.54, 1.807) is 26.1 Å². The van der Waals surface area contributed by atoms with Crippen molar-refractivity contribution in [3.05, 3.63) is 63.0 Å². The van der Waals surface area contributed by atoms with Crippen LogP contribution < -0.4 is 5.32 Å². The van der Waals surface area contributed by atoms with Crippen molar-refractivity contribution in [2.75, 3.05) is 52.4 Å². The number of esters is 1. The van der Waals surface area contributed by atoms with Crippen molar-refractivity contribution in [2.24, 2.45) is 10.4 Å². The molecule has 2 atom stereocenters. The molecule has 0 radical (unpaired) electrons. The van der Waals surface area contributed by atoms with Crippen LogP contribution in [0.15, 0.2) is 46.0 Å². The lowest BCUT2D eigenvalue weighted by Gasteiger charge is -2.73. The maximum Gasteiger partial charge on any atom is 0.338 e. The summed E-state index contributed by atoms with van der Waals surface area (Å²) in [5.41, 5.74) is 2.18. The molecule has 9 rings (SSSR count). The maximum atomic E-state index is 14.8. The number of aromatic nitrogens is 1. The molecule has 3 amide bonds. The normalized spacial score (nSPS) is 30.2. The van der Waals surface area contributed by atoms with Gasteiger partial charge in [-0.3, -0.25) is 14.7 Å². The Morgan fingerprint density at radius 2 is 2.00 bits per heavy atom. The zero-order valence-corrected chi connectivity index (χ0v) is 27.7. The lowest BCUT2D eigenvalue weighted by atomic mass is 9.38. The third-order valence-corrected chi connectivity index (χ3v) is 11.8. The first-order valence-corrected chi connectivity index (χ1v) is 17.6. The van der Waals surface area contributed by atoms with Crippen molar-refractivity contribution in [1.29, 1.82) is 0 Å². The number of amides is 3. The van der Waals surface area contributed by atoms with Gasteiger partial charge in [-0.1, -0.05) is 12.1 Å². The SMILES string of the molecule is CCOC(=O)C1=C(CN2CCN3C(=O)N(C45CC(CN6CCCC6=O)(C4)C5)C[C@@H]3C2)NC(c2nccs2)=N[C@H]1c1cccc(F)c1C. The minimum atomic E-state index is -0.766. The number of amidine groups is 1. The fourth-order valence-corrected chi connectivity index (χ4v) is 9.56. The average molecular weight is 662 g/mol. The number of likely N-dealkylation sites (tertiary alicyclic amines) is 1. The highest BCUT2D eigenvalue weighted by Gasteiger charge is 2.72. The Morgan fingerprint density at radius 1 is 1.17 bits per heavy atom. The van der Waals surface area contributed by atoms with Crippen LogP contribution in [0.1, 0.15) is 61.2 Å². The van der Waals surface area contributed by atoms with Crippen molar-refractivity contribution in [3.8, 4) is 0 Å². The monoisotopic (exact) mass is 661 g/mol. The molecule has 0 spiro atoms. The molecule has 13 heteroatoms. The summed E-state index contributed by atoms with van der Waals surface area (Å²) in [4.78, 5) is 57.3. The number of halogens is 1. The highest BCUT2D eigenvalue weighted by molar-refractivity contribution is 7.11. The first kappa shape index (κ1) is 30.5. The van der Waals surface area contributed by atoms with Crippen molar-refractivity contribution < 1.29 is 23.5 Å². The van der Waals surface area contributed by atoms with Gasteiger partial charge >= 0.3 is 12.0 Å². The first-order valence-electron chi connectivity index (χ1n) is 16.7. The number of nitrogens with one attached hydrogen (secondary N) is 1. The number of urea groups is 1. The molecule has 1 aromatic carbocycles. The minimum absolute atomic E-state index is 0.0463. The minimum Gasteiger partial charge on any atom is -0.463 e. The van der Waals surface area contributed by atoms with Gasteiger partial charge in [0.25, 0.3) is 0 Å². The van der Waals surface area contributed by atoms with E-state index in [9.17, 15) is 18.8 Å². The molecule has 47 heavy (non-hydrogen) atoms. The first-order chi connectivity index (χ1) is 22.7. The molecular formula is C34H40FN7O4S. The largest absolute Gasteiger partial charge is 0.463 e. The second-order valence-corrected chi connectivity index (χ2v) is 15.0. The van der Waals surface area contributed by atoms with E-state index in [2.05, 4.69) is 20.1 Å². The Balaban J connectivity index is 1.02. The summed E-state index contributed by atoms with van der Waals surface area (Å²) in [7, 11) is 0. The predicted molar refractivity (Wildman–Crippen MR) is 173 cm³/mol. The van der Waals surface area contributed by atoms with Crippen LogP contribution >= 0.6 is 11.3 Å². The Labute approximate surface area is 277 Å². The highest BCUT2D eigenvalue weighted by Crippen LogP contribution is 2.70. The number of piperazine rings is 1. The van der Waals surface area contributed by atoms with Gasteiger partial charge in [0.15, 0.2) is 10.8 Å². The van der Waals surface area contributed by atoms with Crippen LogP contribution in [0.3, 0.4) is 0 Å². The van der Waals surface area contributed by atoms with Crippen molar-refractivity contribution in [3.63, 3.8) is 0 Å². The van der Waals surface area contributed by atoms with Crippen LogP contribution in [0.4, 0.5) is 9.18 Å². The average Bonchev–Trinajstić information content (AvgIpc) is 3.77. The summed E-state index contributed by atoms with van der Waals surface area (Å²) >= 11 is 1.44. The van der Waals surface area contributed by atoms with Crippen LogP contribution in [-0.4, -0.2) is 112 Å². The van der Waals surface area contributed by atoms with Gasteiger partial charge in [0, 0.05) is 75.0 Å². The van der Waals surface area contributed by atoms with E-state index in [4.69, 9.17) is 9.73 Å². The van der Waals surface area contributed by atoms with Gasteiger partial charge in [0.1, 0.15) is 11.9 Å². The van der Waals surface area contributed by atoms with Gasteiger partial charge in [0.05, 0.1) is 18.2 Å². The number of nitrogens with zero attached hydrogens (tertiary/aromatic N) is 6. The highest BCUT2D eigenvalue weighted by atomic mass is 32.1. The number of thiazole rings is 1. The summed E-state index contributed by atoms with van der Waals surface area (Å²) < 4.78 is 20.4. The molecule has 2 bridgehead atoms. The summed E-state index contributed by atoms with van der Waals surface area (Å²) in [5, 5.41) is 5.96. The molecule has 1 aromatic heterocycles. The van der Waals surface area contributed by atoms with Crippen LogP contribution in [0.25, 0.3) is 0 Å². The number of carbonyl (C=O) groups is 3. The molecule has 2 aromatic rings. The van der Waals surface area contributed by atoms with Crippen molar-refractivity contribution in [1.82, 2.24) is 29.9 Å². The molecule has 3 aliphatic carbocycles. The van der Waals surface area contributed by atoms with E-state index in [0.717, 1.165) is 38.8 Å². The number of hydrogen-bond acceptors (Lipinski definition) is 9. The van der Waals surface area contributed by atoms with Crippen LogP contribution in [0.2, 0.25) is 0 Å².